The van der Waals surface area contributed by atoms with Crippen LogP contribution in [-0.4, -0.2) is 45.9 Å². The molecule has 0 spiro atoms. The largest absolute Gasteiger partial charge is 0.378 e. The number of ether oxygens (including phenoxy) is 1. The summed E-state index contributed by atoms with van der Waals surface area (Å²) in [5.74, 6) is 0.223. The number of guanidine groups is 1. The molecule has 0 bridgehead atoms. The summed E-state index contributed by atoms with van der Waals surface area (Å²) in [6.07, 6.45) is 2.04. The van der Waals surface area contributed by atoms with Crippen molar-refractivity contribution in [3.63, 3.8) is 0 Å². The Hall–Kier alpha value is -1.94. The van der Waals surface area contributed by atoms with Crippen molar-refractivity contribution in [2.75, 3.05) is 44.8 Å². The molecule has 0 amide bonds. The van der Waals surface area contributed by atoms with Crippen LogP contribution in [0.2, 0.25) is 0 Å². The van der Waals surface area contributed by atoms with E-state index in [9.17, 15) is 8.78 Å². The molecule has 2 aromatic rings. The first-order chi connectivity index (χ1) is 14.6. The maximum Gasteiger partial charge on any atom is 0.191 e. The van der Waals surface area contributed by atoms with Crippen LogP contribution >= 0.6 is 24.0 Å². The summed E-state index contributed by atoms with van der Waals surface area (Å²) in [6.45, 7) is 3.81. The second kappa shape index (κ2) is 10.6. The van der Waals surface area contributed by atoms with Gasteiger partial charge in [-0.05, 0) is 48.2 Å². The van der Waals surface area contributed by atoms with Gasteiger partial charge in [-0.2, -0.15) is 0 Å². The summed E-state index contributed by atoms with van der Waals surface area (Å²) < 4.78 is 33.5. The first-order valence-electron chi connectivity index (χ1n) is 10.4. The van der Waals surface area contributed by atoms with Crippen LogP contribution in [-0.2, 0) is 16.7 Å². The Morgan fingerprint density at radius 3 is 2.52 bits per heavy atom. The molecule has 5 nitrogen and oxygen atoms in total. The van der Waals surface area contributed by atoms with Crippen LogP contribution in [0.3, 0.4) is 0 Å². The molecule has 1 heterocycles. The van der Waals surface area contributed by atoms with Crippen molar-refractivity contribution in [3.8, 4) is 0 Å². The Labute approximate surface area is 199 Å². The highest BCUT2D eigenvalue weighted by Crippen LogP contribution is 2.47. The standard InChI is InChI=1S/C23H28F2N4O.HI/c1-26-22(28-16-23(7-8-23)18-3-2-4-19(24)14-18)27-15-17-5-6-21(20(25)13-17)29-9-11-30-12-10-29;/h2-6,13-14H,7-12,15-16H2,1H3,(H2,26,27,28);1H. The van der Waals surface area contributed by atoms with Gasteiger partial charge in [0.2, 0.25) is 0 Å². The Balaban J connectivity index is 0.00000272. The zero-order valence-electron chi connectivity index (χ0n) is 17.7. The molecule has 8 heteroatoms. The zero-order chi connectivity index (χ0) is 21.0. The molecule has 1 aliphatic carbocycles. The summed E-state index contributed by atoms with van der Waals surface area (Å²) in [7, 11) is 1.71. The van der Waals surface area contributed by atoms with Crippen molar-refractivity contribution < 1.29 is 13.5 Å². The molecule has 1 saturated heterocycles. The lowest BCUT2D eigenvalue weighted by Crippen LogP contribution is -2.41. The van der Waals surface area contributed by atoms with Gasteiger partial charge in [0.1, 0.15) is 11.6 Å². The Kier molecular flexibility index (Phi) is 8.10. The van der Waals surface area contributed by atoms with Gasteiger partial charge in [-0.15, -0.1) is 24.0 Å². The summed E-state index contributed by atoms with van der Waals surface area (Å²) in [5, 5.41) is 6.58. The average Bonchev–Trinajstić information content (AvgIpc) is 3.56. The molecular weight excluding hydrogens is 513 g/mol. The average molecular weight is 542 g/mol. The predicted molar refractivity (Wildman–Crippen MR) is 130 cm³/mol. The number of nitrogens with one attached hydrogen (secondary N) is 2. The first-order valence-corrected chi connectivity index (χ1v) is 10.4. The highest BCUT2D eigenvalue weighted by Gasteiger charge is 2.44. The molecular formula is C23H29F2IN4O. The van der Waals surface area contributed by atoms with E-state index in [0.29, 0.717) is 51.0 Å². The van der Waals surface area contributed by atoms with Crippen molar-refractivity contribution in [1.82, 2.24) is 10.6 Å². The minimum absolute atomic E-state index is 0. The van der Waals surface area contributed by atoms with E-state index >= 15 is 0 Å². The number of hydrogen-bond donors (Lipinski definition) is 2. The van der Waals surface area contributed by atoms with Crippen LogP contribution in [0, 0.1) is 11.6 Å². The molecule has 168 valence electrons. The number of benzene rings is 2. The second-order valence-corrected chi connectivity index (χ2v) is 7.96. The van der Waals surface area contributed by atoms with E-state index in [2.05, 4.69) is 15.6 Å². The fourth-order valence-electron chi connectivity index (χ4n) is 3.92. The molecule has 2 aromatic carbocycles. The monoisotopic (exact) mass is 542 g/mol. The smallest absolute Gasteiger partial charge is 0.191 e. The SMILES string of the molecule is CN=C(NCc1ccc(N2CCOCC2)c(F)c1)NCC1(c2cccc(F)c2)CC1.I. The molecule has 0 atom stereocenters. The van der Waals surface area contributed by atoms with Crippen LogP contribution in [0.1, 0.15) is 24.0 Å². The topological polar surface area (TPSA) is 48.9 Å². The lowest BCUT2D eigenvalue weighted by atomic mass is 9.96. The van der Waals surface area contributed by atoms with Crippen LogP contribution in [0.4, 0.5) is 14.5 Å². The van der Waals surface area contributed by atoms with Crippen LogP contribution in [0.25, 0.3) is 0 Å². The fourth-order valence-corrected chi connectivity index (χ4v) is 3.92. The highest BCUT2D eigenvalue weighted by atomic mass is 127. The molecule has 4 rings (SSSR count). The van der Waals surface area contributed by atoms with Gasteiger partial charge >= 0.3 is 0 Å². The Morgan fingerprint density at radius 2 is 1.87 bits per heavy atom. The van der Waals surface area contributed by atoms with Gasteiger partial charge in [0.05, 0.1) is 18.9 Å². The minimum atomic E-state index is -0.220. The first kappa shape index (κ1) is 23.7. The van der Waals surface area contributed by atoms with E-state index in [0.717, 1.165) is 24.0 Å². The van der Waals surface area contributed by atoms with Crippen LogP contribution in [0.5, 0.6) is 0 Å². The van der Waals surface area contributed by atoms with E-state index in [1.54, 1.807) is 25.2 Å². The fraction of sp³-hybridized carbons (Fsp3) is 0.435. The molecule has 0 unspecified atom stereocenters. The van der Waals surface area contributed by atoms with Gasteiger partial charge in [0, 0.05) is 38.6 Å². The van der Waals surface area contributed by atoms with Crippen molar-refractivity contribution in [2.24, 2.45) is 4.99 Å². The normalized spacial score (nSPS) is 17.6. The van der Waals surface area contributed by atoms with Gasteiger partial charge < -0.3 is 20.3 Å². The number of rotatable bonds is 6. The summed E-state index contributed by atoms with van der Waals surface area (Å²) >= 11 is 0. The molecule has 1 aliphatic heterocycles. The number of aliphatic imine (C=N–C) groups is 1. The van der Waals surface area contributed by atoms with E-state index in [-0.39, 0.29) is 41.0 Å². The van der Waals surface area contributed by atoms with Crippen molar-refractivity contribution in [1.29, 1.82) is 0 Å². The Bertz CT molecular complexity index is 914. The molecule has 2 fully saturated rings. The molecule has 2 aliphatic rings. The van der Waals surface area contributed by atoms with Gasteiger partial charge in [-0.1, -0.05) is 18.2 Å². The van der Waals surface area contributed by atoms with E-state index in [4.69, 9.17) is 4.74 Å². The maximum atomic E-state index is 14.6. The summed E-state index contributed by atoms with van der Waals surface area (Å²) in [6, 6.07) is 12.2. The third kappa shape index (κ3) is 5.85. The number of halogens is 3. The van der Waals surface area contributed by atoms with Crippen molar-refractivity contribution in [3.05, 3.63) is 65.2 Å². The van der Waals surface area contributed by atoms with E-state index in [1.807, 2.05) is 23.1 Å². The quantitative estimate of drug-likeness (QED) is 0.331. The van der Waals surface area contributed by atoms with Gasteiger partial charge in [-0.3, -0.25) is 4.99 Å². The predicted octanol–water partition coefficient (Wildman–Crippen LogP) is 3.82. The third-order valence-corrected chi connectivity index (χ3v) is 5.93. The summed E-state index contributed by atoms with van der Waals surface area (Å²) in [5.41, 5.74) is 2.45. The number of nitrogens with zero attached hydrogens (tertiary/aromatic N) is 2. The molecule has 31 heavy (non-hydrogen) atoms. The lowest BCUT2D eigenvalue weighted by molar-refractivity contribution is 0.122. The lowest BCUT2D eigenvalue weighted by Gasteiger charge is -2.29. The molecule has 0 aromatic heterocycles. The van der Waals surface area contributed by atoms with Crippen LogP contribution < -0.4 is 15.5 Å². The van der Waals surface area contributed by atoms with E-state index < -0.39 is 0 Å². The molecule has 2 N–H and O–H groups in total. The minimum Gasteiger partial charge on any atom is -0.378 e. The number of anilines is 1. The van der Waals surface area contributed by atoms with E-state index in [1.165, 1.54) is 6.07 Å². The van der Waals surface area contributed by atoms with Gasteiger partial charge in [0.15, 0.2) is 5.96 Å². The maximum absolute atomic E-state index is 14.6. The zero-order valence-corrected chi connectivity index (χ0v) is 20.0. The molecule has 0 radical (unpaired) electrons. The van der Waals surface area contributed by atoms with Crippen LogP contribution in [0.15, 0.2) is 47.5 Å². The van der Waals surface area contributed by atoms with Crippen molar-refractivity contribution >= 4 is 35.6 Å². The second-order valence-electron chi connectivity index (χ2n) is 7.96. The summed E-state index contributed by atoms with van der Waals surface area (Å²) in [4.78, 5) is 6.28. The highest BCUT2D eigenvalue weighted by molar-refractivity contribution is 14.0. The van der Waals surface area contributed by atoms with Gasteiger partial charge in [0.25, 0.3) is 0 Å². The molecule has 1 saturated carbocycles. The van der Waals surface area contributed by atoms with Gasteiger partial charge in [-0.25, -0.2) is 8.78 Å². The Morgan fingerprint density at radius 1 is 1.10 bits per heavy atom. The number of morpholine rings is 1. The van der Waals surface area contributed by atoms with Crippen molar-refractivity contribution in [2.45, 2.75) is 24.8 Å². The number of hydrogen-bond acceptors (Lipinski definition) is 3. The third-order valence-electron chi connectivity index (χ3n) is 5.93.